The van der Waals surface area contributed by atoms with Gasteiger partial charge in [0.1, 0.15) is 12.1 Å². The Morgan fingerprint density at radius 2 is 1.47 bits per heavy atom. The van der Waals surface area contributed by atoms with Crippen molar-refractivity contribution < 1.29 is 24.5 Å². The number of hydrogen-bond acceptors (Lipinski definition) is 5. The number of rotatable bonds is 14. The second-order valence-electron chi connectivity index (χ2n) is 9.06. The van der Waals surface area contributed by atoms with Crippen molar-refractivity contribution in [3.8, 4) is 0 Å². The van der Waals surface area contributed by atoms with Crippen LogP contribution in [0.4, 0.5) is 0 Å². The van der Waals surface area contributed by atoms with Crippen molar-refractivity contribution in [3.05, 3.63) is 71.3 Å². The number of hydrogen-bond donors (Lipinski definition) is 5. The highest BCUT2D eigenvalue weighted by molar-refractivity contribution is 5.89. The van der Waals surface area contributed by atoms with Gasteiger partial charge >= 0.3 is 5.91 Å². The van der Waals surface area contributed by atoms with Crippen LogP contribution in [0.5, 0.6) is 0 Å². The predicted molar refractivity (Wildman–Crippen MR) is 137 cm³/mol. The molecule has 194 valence electrons. The molecule has 0 aliphatic heterocycles. The molecule has 8 N–H and O–H groups in total. The Morgan fingerprint density at radius 3 is 2.06 bits per heavy atom. The number of primary amides is 2. The number of amides is 4. The summed E-state index contributed by atoms with van der Waals surface area (Å²) in [4.78, 5) is 50.3. The van der Waals surface area contributed by atoms with Crippen LogP contribution in [0.3, 0.4) is 0 Å². The number of benzene rings is 2. The number of quaternary nitrogens is 1. The first kappa shape index (κ1) is 28.7. The van der Waals surface area contributed by atoms with Crippen molar-refractivity contribution in [1.29, 1.82) is 0 Å². The van der Waals surface area contributed by atoms with Gasteiger partial charge in [0.25, 0.3) is 5.91 Å². The molecule has 9 nitrogen and oxygen atoms in total. The molecule has 36 heavy (non-hydrogen) atoms. The molecule has 3 unspecified atom stereocenters. The normalized spacial score (nSPS) is 13.3. The van der Waals surface area contributed by atoms with Crippen LogP contribution in [0, 0.1) is 6.92 Å². The fourth-order valence-electron chi connectivity index (χ4n) is 3.89. The van der Waals surface area contributed by atoms with E-state index in [4.69, 9.17) is 11.5 Å². The van der Waals surface area contributed by atoms with Gasteiger partial charge < -0.3 is 22.1 Å². The number of nitrogens with two attached hydrogens (primary N) is 3. The van der Waals surface area contributed by atoms with Gasteiger partial charge in [0.15, 0.2) is 6.04 Å². The van der Waals surface area contributed by atoms with E-state index in [-0.39, 0.29) is 18.2 Å². The monoisotopic (exact) mass is 496 g/mol. The lowest BCUT2D eigenvalue weighted by Gasteiger charge is -2.21. The van der Waals surface area contributed by atoms with Crippen molar-refractivity contribution in [2.24, 2.45) is 11.5 Å². The van der Waals surface area contributed by atoms with Gasteiger partial charge in [0, 0.05) is 26.2 Å². The molecular formula is C27H38N5O4+. The summed E-state index contributed by atoms with van der Waals surface area (Å²) in [7, 11) is 0. The van der Waals surface area contributed by atoms with E-state index in [9.17, 15) is 19.2 Å². The first-order chi connectivity index (χ1) is 17.2. The van der Waals surface area contributed by atoms with Crippen LogP contribution in [-0.2, 0) is 32.0 Å². The van der Waals surface area contributed by atoms with Crippen molar-refractivity contribution >= 4 is 23.6 Å². The van der Waals surface area contributed by atoms with Gasteiger partial charge in [-0.3, -0.25) is 19.7 Å². The fraction of sp³-hybridized carbons (Fsp3) is 0.407. The van der Waals surface area contributed by atoms with Crippen molar-refractivity contribution in [3.63, 3.8) is 0 Å². The van der Waals surface area contributed by atoms with E-state index in [1.807, 2.05) is 61.5 Å². The zero-order valence-electron chi connectivity index (χ0n) is 21.0. The van der Waals surface area contributed by atoms with Crippen LogP contribution in [0.2, 0.25) is 0 Å². The smallest absolute Gasteiger partial charge is 0.333 e. The average molecular weight is 497 g/mol. The molecule has 0 bridgehead atoms. The quantitative estimate of drug-likeness (QED) is 0.229. The van der Waals surface area contributed by atoms with E-state index in [0.29, 0.717) is 32.2 Å². The number of aryl methyl sites for hydroxylation is 1. The minimum absolute atomic E-state index is 0.243. The largest absolute Gasteiger partial charge is 0.368 e. The van der Waals surface area contributed by atoms with Gasteiger partial charge in [-0.15, -0.1) is 0 Å². The van der Waals surface area contributed by atoms with E-state index in [0.717, 1.165) is 16.7 Å². The van der Waals surface area contributed by atoms with Crippen LogP contribution in [-0.4, -0.2) is 48.3 Å². The van der Waals surface area contributed by atoms with E-state index in [1.165, 1.54) is 12.2 Å². The second kappa shape index (κ2) is 14.8. The minimum Gasteiger partial charge on any atom is -0.368 e. The molecule has 0 radical (unpaired) electrons. The Hall–Kier alpha value is -3.56. The molecule has 0 aliphatic rings. The lowest BCUT2D eigenvalue weighted by molar-refractivity contribution is -0.594. The number of carbonyl (C=O) groups is 4. The van der Waals surface area contributed by atoms with Gasteiger partial charge in [0.2, 0.25) is 11.8 Å². The summed E-state index contributed by atoms with van der Waals surface area (Å²) >= 11 is 0. The van der Waals surface area contributed by atoms with E-state index in [2.05, 4.69) is 10.6 Å². The maximum absolute atomic E-state index is 13.2. The maximum atomic E-state index is 13.2. The Labute approximate surface area is 212 Å². The van der Waals surface area contributed by atoms with Crippen LogP contribution < -0.4 is 27.4 Å². The zero-order valence-corrected chi connectivity index (χ0v) is 21.0. The molecule has 3 atom stereocenters. The van der Waals surface area contributed by atoms with Crippen LogP contribution >= 0.6 is 0 Å². The molecule has 0 fully saturated rings. The van der Waals surface area contributed by atoms with Gasteiger partial charge in [0.05, 0.1) is 0 Å². The van der Waals surface area contributed by atoms with Crippen molar-refractivity contribution in [2.45, 2.75) is 64.1 Å². The first-order valence-electron chi connectivity index (χ1n) is 12.2. The molecule has 0 saturated heterocycles. The van der Waals surface area contributed by atoms with Crippen molar-refractivity contribution in [2.75, 3.05) is 6.54 Å². The maximum Gasteiger partial charge on any atom is 0.333 e. The molecule has 2 aromatic carbocycles. The Morgan fingerprint density at radius 1 is 0.861 bits per heavy atom. The van der Waals surface area contributed by atoms with Gasteiger partial charge in [-0.25, -0.2) is 4.79 Å². The molecule has 2 rings (SSSR count). The highest BCUT2D eigenvalue weighted by atomic mass is 16.2. The summed E-state index contributed by atoms with van der Waals surface area (Å²) in [6.45, 7) is 3.78. The second-order valence-corrected chi connectivity index (χ2v) is 9.06. The number of unbranched alkanes of at least 4 members (excludes halogenated alkanes) is 1. The van der Waals surface area contributed by atoms with Crippen LogP contribution in [0.1, 0.15) is 42.9 Å². The average Bonchev–Trinajstić information content (AvgIpc) is 2.84. The predicted octanol–water partition coefficient (Wildman–Crippen LogP) is -0.157. The summed E-state index contributed by atoms with van der Waals surface area (Å²) in [5, 5.41) is 6.77. The summed E-state index contributed by atoms with van der Waals surface area (Å²) in [5.74, 6) is -1.82. The highest BCUT2D eigenvalue weighted by Gasteiger charge is 2.32. The summed E-state index contributed by atoms with van der Waals surface area (Å²) in [6, 6.07) is 14.4. The Kier molecular flexibility index (Phi) is 11.7. The minimum atomic E-state index is -0.917. The lowest BCUT2D eigenvalue weighted by Crippen LogP contribution is -2.98. The SMILES string of the molecule is CC(=O)NC(Cc1ccc(C)cc1)C(=O)[NH2+]C(CCCCN)C(=O)NC(Cc1ccccc1)C(N)=O. The van der Waals surface area contributed by atoms with E-state index < -0.39 is 29.9 Å². The Balaban J connectivity index is 2.15. The third kappa shape index (κ3) is 9.97. The Bertz CT molecular complexity index is 1010. The molecule has 0 heterocycles. The molecule has 9 heteroatoms. The van der Waals surface area contributed by atoms with Crippen LogP contribution in [0.15, 0.2) is 54.6 Å². The molecule has 2 aromatic rings. The fourth-order valence-corrected chi connectivity index (χ4v) is 3.89. The van der Waals surface area contributed by atoms with Gasteiger partial charge in [-0.1, -0.05) is 60.2 Å². The lowest BCUT2D eigenvalue weighted by atomic mass is 10.0. The molecule has 4 amide bonds. The van der Waals surface area contributed by atoms with E-state index in [1.54, 1.807) is 0 Å². The highest BCUT2D eigenvalue weighted by Crippen LogP contribution is 2.07. The summed E-state index contributed by atoms with van der Waals surface area (Å²) in [6.07, 6.45) is 2.23. The molecule has 0 aromatic heterocycles. The number of nitrogens with one attached hydrogen (secondary N) is 2. The van der Waals surface area contributed by atoms with Gasteiger partial charge in [-0.05, 0) is 37.4 Å². The van der Waals surface area contributed by atoms with E-state index >= 15 is 0 Å². The standard InChI is InChI=1S/C27H37N5O4/c1-18-11-13-21(14-12-18)17-24(30-19(2)33)27(36)31-22(10-6-7-15-28)26(35)32-23(25(29)34)16-20-8-4-3-5-9-20/h3-5,8-9,11-14,22-24H,6-7,10,15-17,28H2,1-2H3,(H2,29,34)(H,30,33)(H,31,36)(H,32,35)/p+1. The third-order valence-corrected chi connectivity index (χ3v) is 5.90. The number of carbonyl (C=O) groups excluding carboxylic acids is 4. The zero-order chi connectivity index (χ0) is 26.5. The summed E-state index contributed by atoms with van der Waals surface area (Å²) in [5.41, 5.74) is 14.0. The molecule has 0 aliphatic carbocycles. The molecule has 0 saturated carbocycles. The first-order valence-corrected chi connectivity index (χ1v) is 12.2. The van der Waals surface area contributed by atoms with Crippen molar-refractivity contribution in [1.82, 2.24) is 10.6 Å². The van der Waals surface area contributed by atoms with Crippen LogP contribution in [0.25, 0.3) is 0 Å². The molecule has 0 spiro atoms. The topological polar surface area (TPSA) is 161 Å². The summed E-state index contributed by atoms with van der Waals surface area (Å²) < 4.78 is 0. The van der Waals surface area contributed by atoms with Gasteiger partial charge in [-0.2, -0.15) is 0 Å². The molecular weight excluding hydrogens is 458 g/mol. The third-order valence-electron chi connectivity index (χ3n) is 5.90.